The van der Waals surface area contributed by atoms with Gasteiger partial charge in [0, 0.05) is 13.1 Å². The first-order valence-electron chi connectivity index (χ1n) is 6.68. The molecule has 1 atom stereocenters. The first kappa shape index (κ1) is 14.4. The largest absolute Gasteiger partial charge is 0.477 e. The van der Waals surface area contributed by atoms with Gasteiger partial charge in [-0.1, -0.05) is 11.8 Å². The fourth-order valence-electron chi connectivity index (χ4n) is 2.52. The minimum absolute atomic E-state index is 0.190. The first-order valence-corrected chi connectivity index (χ1v) is 7.50. The predicted octanol–water partition coefficient (Wildman–Crippen LogP) is 0.377. The first-order chi connectivity index (χ1) is 10.1. The number of carbonyl (C=O) groups excluding carboxylic acids is 1. The van der Waals surface area contributed by atoms with E-state index in [4.69, 9.17) is 9.84 Å². The van der Waals surface area contributed by atoms with Crippen LogP contribution in [0.2, 0.25) is 0 Å². The molecule has 1 fully saturated rings. The molecule has 0 radical (unpaired) electrons. The van der Waals surface area contributed by atoms with Crippen molar-refractivity contribution in [2.24, 2.45) is 15.9 Å². The standard InChI is InChI=1S/C13H15N3O4S/c1-7-9-11(17)14-8(6-16-2-4-20-5-3-16)15-12(9)21-10(7)13(18)19/h9H,2-6H2,1H3,(H,18,19). The summed E-state index contributed by atoms with van der Waals surface area (Å²) in [6, 6.07) is 0. The number of carboxylic acids is 1. The number of nitrogens with zero attached hydrogens (tertiary/aromatic N) is 3. The number of ether oxygens (including phenoxy) is 1. The molecule has 1 amide bonds. The quantitative estimate of drug-likeness (QED) is 0.810. The Kier molecular flexibility index (Phi) is 3.92. The fraction of sp³-hybridized carbons (Fsp3) is 0.538. The average Bonchev–Trinajstić information content (AvgIpc) is 2.77. The zero-order valence-corrected chi connectivity index (χ0v) is 12.4. The highest BCUT2D eigenvalue weighted by atomic mass is 32.2. The molecule has 0 bridgehead atoms. The van der Waals surface area contributed by atoms with Crippen LogP contribution in [0.25, 0.3) is 0 Å². The lowest BCUT2D eigenvalue weighted by atomic mass is 10.00. The zero-order chi connectivity index (χ0) is 15.0. The Labute approximate surface area is 125 Å². The minimum atomic E-state index is -1.02. The van der Waals surface area contributed by atoms with Crippen molar-refractivity contribution in [3.63, 3.8) is 0 Å². The molecule has 0 aromatic carbocycles. The van der Waals surface area contributed by atoms with E-state index in [9.17, 15) is 9.59 Å². The van der Waals surface area contributed by atoms with Crippen LogP contribution in [0.4, 0.5) is 0 Å². The van der Waals surface area contributed by atoms with E-state index >= 15 is 0 Å². The molecular formula is C13H15N3O4S. The van der Waals surface area contributed by atoms with Crippen LogP contribution in [0.3, 0.4) is 0 Å². The molecule has 7 nitrogen and oxygen atoms in total. The van der Waals surface area contributed by atoms with Crippen LogP contribution in [0.15, 0.2) is 20.5 Å². The van der Waals surface area contributed by atoms with Gasteiger partial charge < -0.3 is 9.84 Å². The molecule has 1 N–H and O–H groups in total. The highest BCUT2D eigenvalue weighted by Crippen LogP contribution is 2.40. The molecule has 0 aromatic heterocycles. The van der Waals surface area contributed by atoms with Crippen molar-refractivity contribution in [1.82, 2.24) is 4.90 Å². The molecule has 0 aliphatic carbocycles. The lowest BCUT2D eigenvalue weighted by Gasteiger charge is -2.27. The number of aliphatic carboxylic acids is 1. The number of aliphatic imine (C=N–C) groups is 2. The van der Waals surface area contributed by atoms with Gasteiger partial charge in [-0.3, -0.25) is 9.69 Å². The smallest absolute Gasteiger partial charge is 0.342 e. The van der Waals surface area contributed by atoms with Gasteiger partial charge in [0.2, 0.25) is 0 Å². The van der Waals surface area contributed by atoms with Crippen LogP contribution in [0, 0.1) is 5.92 Å². The molecule has 0 spiro atoms. The average molecular weight is 309 g/mol. The SMILES string of the molecule is CC1=C(C(=O)O)SC2=NC(CN3CCOCC3)=NC(=O)C21. The highest BCUT2D eigenvalue weighted by molar-refractivity contribution is 8.18. The number of carboxylic acid groups (broad SMARTS) is 1. The van der Waals surface area contributed by atoms with E-state index in [0.717, 1.165) is 24.9 Å². The molecule has 8 heteroatoms. The number of rotatable bonds is 3. The van der Waals surface area contributed by atoms with Crippen molar-refractivity contribution >= 4 is 34.5 Å². The Morgan fingerprint density at radius 2 is 2.14 bits per heavy atom. The van der Waals surface area contributed by atoms with Crippen molar-refractivity contribution in [2.45, 2.75) is 6.92 Å². The van der Waals surface area contributed by atoms with Crippen molar-refractivity contribution in [3.05, 3.63) is 10.5 Å². The van der Waals surface area contributed by atoms with Crippen LogP contribution in [-0.4, -0.2) is 65.6 Å². The Bertz CT molecular complexity index is 590. The van der Waals surface area contributed by atoms with E-state index < -0.39 is 11.9 Å². The van der Waals surface area contributed by atoms with Gasteiger partial charge >= 0.3 is 5.97 Å². The lowest BCUT2D eigenvalue weighted by Crippen LogP contribution is -2.40. The van der Waals surface area contributed by atoms with Crippen LogP contribution >= 0.6 is 11.8 Å². The number of carbonyl (C=O) groups is 2. The second kappa shape index (κ2) is 5.70. The number of hydrogen-bond donors (Lipinski definition) is 1. The Morgan fingerprint density at radius 1 is 1.43 bits per heavy atom. The number of amidine groups is 1. The summed E-state index contributed by atoms with van der Waals surface area (Å²) in [7, 11) is 0. The highest BCUT2D eigenvalue weighted by Gasteiger charge is 2.40. The molecule has 112 valence electrons. The molecule has 21 heavy (non-hydrogen) atoms. The molecule has 3 rings (SSSR count). The molecule has 3 aliphatic heterocycles. The second-order valence-electron chi connectivity index (χ2n) is 5.06. The summed E-state index contributed by atoms with van der Waals surface area (Å²) in [4.78, 5) is 34.0. The summed E-state index contributed by atoms with van der Waals surface area (Å²) in [5, 5.41) is 9.67. The third-order valence-electron chi connectivity index (χ3n) is 3.63. The topological polar surface area (TPSA) is 91.6 Å². The Morgan fingerprint density at radius 3 is 2.81 bits per heavy atom. The van der Waals surface area contributed by atoms with Gasteiger partial charge in [-0.25, -0.2) is 9.79 Å². The summed E-state index contributed by atoms with van der Waals surface area (Å²) in [5.41, 5.74) is 0.533. The zero-order valence-electron chi connectivity index (χ0n) is 11.5. The minimum Gasteiger partial charge on any atom is -0.477 e. The Hall–Kier alpha value is -1.51. The van der Waals surface area contributed by atoms with E-state index in [2.05, 4.69) is 14.9 Å². The predicted molar refractivity (Wildman–Crippen MR) is 78.6 cm³/mol. The number of amides is 1. The lowest BCUT2D eigenvalue weighted by molar-refractivity contribution is -0.131. The van der Waals surface area contributed by atoms with Gasteiger partial charge in [-0.05, 0) is 12.5 Å². The van der Waals surface area contributed by atoms with E-state index in [1.54, 1.807) is 6.92 Å². The van der Waals surface area contributed by atoms with Crippen molar-refractivity contribution in [2.75, 3.05) is 32.8 Å². The summed E-state index contributed by atoms with van der Waals surface area (Å²) in [6.07, 6.45) is 0. The van der Waals surface area contributed by atoms with E-state index in [1.807, 2.05) is 0 Å². The van der Waals surface area contributed by atoms with Crippen LogP contribution in [0.5, 0.6) is 0 Å². The molecule has 1 saturated heterocycles. The van der Waals surface area contributed by atoms with Gasteiger partial charge in [-0.15, -0.1) is 0 Å². The maximum Gasteiger partial charge on any atom is 0.342 e. The second-order valence-corrected chi connectivity index (χ2v) is 6.09. The number of fused-ring (bicyclic) bond motifs is 1. The summed E-state index contributed by atoms with van der Waals surface area (Å²) < 4.78 is 5.27. The number of morpholine rings is 1. The number of hydrogen-bond acceptors (Lipinski definition) is 6. The monoisotopic (exact) mass is 309 g/mol. The maximum atomic E-state index is 12.2. The van der Waals surface area contributed by atoms with Crippen molar-refractivity contribution in [3.8, 4) is 0 Å². The molecule has 0 aromatic rings. The fourth-order valence-corrected chi connectivity index (χ4v) is 3.65. The normalized spacial score (nSPS) is 26.5. The van der Waals surface area contributed by atoms with E-state index in [1.165, 1.54) is 0 Å². The molecule has 3 heterocycles. The third kappa shape index (κ3) is 2.78. The number of thioether (sulfide) groups is 1. The van der Waals surface area contributed by atoms with E-state index in [0.29, 0.717) is 36.2 Å². The van der Waals surface area contributed by atoms with Gasteiger partial charge in [0.05, 0.1) is 29.7 Å². The maximum absolute atomic E-state index is 12.2. The van der Waals surface area contributed by atoms with Crippen LogP contribution < -0.4 is 0 Å². The van der Waals surface area contributed by atoms with Gasteiger partial charge in [-0.2, -0.15) is 4.99 Å². The van der Waals surface area contributed by atoms with Gasteiger partial charge in [0.25, 0.3) is 5.91 Å². The molecule has 0 saturated carbocycles. The summed E-state index contributed by atoms with van der Waals surface area (Å²) >= 11 is 1.07. The van der Waals surface area contributed by atoms with Crippen LogP contribution in [-0.2, 0) is 14.3 Å². The van der Waals surface area contributed by atoms with Crippen molar-refractivity contribution < 1.29 is 19.4 Å². The van der Waals surface area contributed by atoms with Gasteiger partial charge in [0.15, 0.2) is 0 Å². The molecule has 1 unspecified atom stereocenters. The third-order valence-corrected chi connectivity index (χ3v) is 4.87. The summed E-state index contributed by atoms with van der Waals surface area (Å²) in [5.74, 6) is -1.48. The van der Waals surface area contributed by atoms with Gasteiger partial charge in [0.1, 0.15) is 11.8 Å². The molecular weight excluding hydrogens is 294 g/mol. The summed E-state index contributed by atoms with van der Waals surface area (Å²) in [6.45, 7) is 5.05. The molecule has 3 aliphatic rings. The van der Waals surface area contributed by atoms with Crippen LogP contribution in [0.1, 0.15) is 6.92 Å². The van der Waals surface area contributed by atoms with E-state index in [-0.39, 0.29) is 10.8 Å². The Balaban J connectivity index is 1.77. The van der Waals surface area contributed by atoms with Crippen molar-refractivity contribution in [1.29, 1.82) is 0 Å².